The van der Waals surface area contributed by atoms with Crippen molar-refractivity contribution in [2.24, 2.45) is 5.92 Å². The van der Waals surface area contributed by atoms with Crippen LogP contribution in [0.3, 0.4) is 0 Å². The minimum absolute atomic E-state index is 0.237. The van der Waals surface area contributed by atoms with Crippen LogP contribution in [0.15, 0.2) is 0 Å². The molecule has 0 radical (unpaired) electrons. The molecule has 92 valence electrons. The van der Waals surface area contributed by atoms with E-state index in [1.165, 1.54) is 57.8 Å². The molecule has 2 heteroatoms. The van der Waals surface area contributed by atoms with E-state index < -0.39 is 0 Å². The topological polar surface area (TPSA) is 21.3 Å². The molecule has 1 N–H and O–H groups in total. The number of morpholine rings is 1. The minimum atomic E-state index is 0.237. The van der Waals surface area contributed by atoms with Gasteiger partial charge in [-0.2, -0.15) is 0 Å². The summed E-state index contributed by atoms with van der Waals surface area (Å²) in [5.41, 5.74) is 0.237. The van der Waals surface area contributed by atoms with Crippen molar-refractivity contribution < 1.29 is 4.74 Å². The van der Waals surface area contributed by atoms with Gasteiger partial charge >= 0.3 is 0 Å². The third-order valence-corrected chi connectivity index (χ3v) is 5.01. The highest BCUT2D eigenvalue weighted by Crippen LogP contribution is 2.41. The molecule has 1 spiro atoms. The maximum atomic E-state index is 6.19. The van der Waals surface area contributed by atoms with Crippen LogP contribution in [-0.4, -0.2) is 24.8 Å². The predicted molar refractivity (Wildman–Crippen MR) is 65.5 cm³/mol. The molecule has 2 nitrogen and oxygen atoms in total. The van der Waals surface area contributed by atoms with Gasteiger partial charge in [0.05, 0.1) is 12.2 Å². The van der Waals surface area contributed by atoms with E-state index in [-0.39, 0.29) is 5.60 Å². The van der Waals surface area contributed by atoms with E-state index in [9.17, 15) is 0 Å². The van der Waals surface area contributed by atoms with Gasteiger partial charge in [0, 0.05) is 12.6 Å². The Morgan fingerprint density at radius 3 is 2.56 bits per heavy atom. The summed E-state index contributed by atoms with van der Waals surface area (Å²) in [6.07, 6.45) is 12.6. The van der Waals surface area contributed by atoms with E-state index in [0.29, 0.717) is 6.04 Å². The van der Waals surface area contributed by atoms with Crippen molar-refractivity contribution in [1.29, 1.82) is 0 Å². The second-order valence-electron chi connectivity index (χ2n) is 6.01. The van der Waals surface area contributed by atoms with Gasteiger partial charge in [0.2, 0.25) is 0 Å². The summed E-state index contributed by atoms with van der Waals surface area (Å²) in [6, 6.07) is 0.659. The number of nitrogens with one attached hydrogen (secondary N) is 1. The predicted octanol–water partition coefficient (Wildman–Crippen LogP) is 2.87. The molecular formula is C14H25NO. The van der Waals surface area contributed by atoms with Gasteiger partial charge in [-0.3, -0.25) is 0 Å². The molecule has 2 aliphatic carbocycles. The van der Waals surface area contributed by atoms with Crippen molar-refractivity contribution >= 4 is 0 Å². The highest BCUT2D eigenvalue weighted by molar-refractivity contribution is 5.00. The van der Waals surface area contributed by atoms with Crippen molar-refractivity contribution in [3.63, 3.8) is 0 Å². The van der Waals surface area contributed by atoms with Crippen molar-refractivity contribution in [1.82, 2.24) is 5.32 Å². The molecule has 3 aliphatic rings. The van der Waals surface area contributed by atoms with Crippen LogP contribution in [0.25, 0.3) is 0 Å². The fourth-order valence-corrected chi connectivity index (χ4v) is 4.12. The first kappa shape index (κ1) is 11.0. The summed E-state index contributed by atoms with van der Waals surface area (Å²) in [4.78, 5) is 0. The van der Waals surface area contributed by atoms with E-state index in [0.717, 1.165) is 19.1 Å². The van der Waals surface area contributed by atoms with Gasteiger partial charge in [0.25, 0.3) is 0 Å². The fourth-order valence-electron chi connectivity index (χ4n) is 4.12. The standard InChI is InChI=1S/C14H25NO/c1-2-6-12(5-1)11-13-14(7-3-4-8-14)16-10-9-15-13/h12-13,15H,1-11H2. The molecule has 16 heavy (non-hydrogen) atoms. The molecule has 1 aliphatic heterocycles. The smallest absolute Gasteiger partial charge is 0.0835 e. The SMILES string of the molecule is C1CCC(CC2NCCOC23CCCC3)C1. The summed E-state index contributed by atoms with van der Waals surface area (Å²) in [6.45, 7) is 2.00. The zero-order valence-corrected chi connectivity index (χ0v) is 10.3. The van der Waals surface area contributed by atoms with Gasteiger partial charge in [-0.1, -0.05) is 38.5 Å². The van der Waals surface area contributed by atoms with E-state index in [1.807, 2.05) is 0 Å². The van der Waals surface area contributed by atoms with Gasteiger partial charge in [-0.15, -0.1) is 0 Å². The number of hydrogen-bond donors (Lipinski definition) is 1. The molecule has 1 atom stereocenters. The maximum absolute atomic E-state index is 6.19. The van der Waals surface area contributed by atoms with Crippen molar-refractivity contribution in [2.45, 2.75) is 69.4 Å². The lowest BCUT2D eigenvalue weighted by Gasteiger charge is -2.43. The van der Waals surface area contributed by atoms with Crippen LogP contribution in [0.5, 0.6) is 0 Å². The van der Waals surface area contributed by atoms with Gasteiger partial charge in [-0.25, -0.2) is 0 Å². The van der Waals surface area contributed by atoms with Crippen LogP contribution in [-0.2, 0) is 4.74 Å². The van der Waals surface area contributed by atoms with Gasteiger partial charge in [-0.05, 0) is 25.2 Å². The normalized spacial score (nSPS) is 34.9. The van der Waals surface area contributed by atoms with Crippen molar-refractivity contribution in [3.05, 3.63) is 0 Å². The third kappa shape index (κ3) is 2.02. The van der Waals surface area contributed by atoms with Crippen LogP contribution in [0.1, 0.15) is 57.8 Å². The molecule has 3 rings (SSSR count). The van der Waals surface area contributed by atoms with Crippen molar-refractivity contribution in [3.8, 4) is 0 Å². The first-order chi connectivity index (χ1) is 7.89. The molecule has 0 bridgehead atoms. The second kappa shape index (κ2) is 4.66. The van der Waals surface area contributed by atoms with E-state index in [1.54, 1.807) is 0 Å². The zero-order chi connectivity index (χ0) is 10.8. The van der Waals surface area contributed by atoms with Crippen molar-refractivity contribution in [2.75, 3.05) is 13.2 Å². The van der Waals surface area contributed by atoms with E-state index >= 15 is 0 Å². The summed E-state index contributed by atoms with van der Waals surface area (Å²) in [5.74, 6) is 0.983. The summed E-state index contributed by atoms with van der Waals surface area (Å²) in [5, 5.41) is 3.75. The summed E-state index contributed by atoms with van der Waals surface area (Å²) in [7, 11) is 0. The Hall–Kier alpha value is -0.0800. The number of hydrogen-bond acceptors (Lipinski definition) is 2. The average molecular weight is 223 g/mol. The van der Waals surface area contributed by atoms with Crippen LogP contribution in [0, 0.1) is 5.92 Å². The summed E-state index contributed by atoms with van der Waals surface area (Å²) < 4.78 is 6.19. The highest BCUT2D eigenvalue weighted by atomic mass is 16.5. The summed E-state index contributed by atoms with van der Waals surface area (Å²) >= 11 is 0. The first-order valence-corrected chi connectivity index (χ1v) is 7.26. The Kier molecular flexibility index (Phi) is 3.21. The van der Waals surface area contributed by atoms with Crippen LogP contribution >= 0.6 is 0 Å². The average Bonchev–Trinajstić information content (AvgIpc) is 2.94. The Morgan fingerprint density at radius 2 is 1.81 bits per heavy atom. The maximum Gasteiger partial charge on any atom is 0.0835 e. The third-order valence-electron chi connectivity index (χ3n) is 5.01. The Morgan fingerprint density at radius 1 is 1.06 bits per heavy atom. The lowest BCUT2D eigenvalue weighted by Crippen LogP contribution is -2.57. The Balaban J connectivity index is 1.65. The first-order valence-electron chi connectivity index (χ1n) is 7.26. The molecule has 1 saturated heterocycles. The van der Waals surface area contributed by atoms with E-state index in [4.69, 9.17) is 4.74 Å². The van der Waals surface area contributed by atoms with Crippen LogP contribution in [0.4, 0.5) is 0 Å². The van der Waals surface area contributed by atoms with Gasteiger partial charge in [0.15, 0.2) is 0 Å². The van der Waals surface area contributed by atoms with E-state index in [2.05, 4.69) is 5.32 Å². The molecule has 0 amide bonds. The molecule has 3 fully saturated rings. The molecule has 2 saturated carbocycles. The highest BCUT2D eigenvalue weighted by Gasteiger charge is 2.44. The Bertz CT molecular complexity index is 229. The van der Waals surface area contributed by atoms with Gasteiger partial charge in [0.1, 0.15) is 0 Å². The molecule has 1 unspecified atom stereocenters. The van der Waals surface area contributed by atoms with Crippen LogP contribution in [0.2, 0.25) is 0 Å². The fraction of sp³-hybridized carbons (Fsp3) is 1.00. The number of ether oxygens (including phenoxy) is 1. The molecule has 1 heterocycles. The Labute approximate surface area is 99.1 Å². The number of rotatable bonds is 2. The lowest BCUT2D eigenvalue weighted by atomic mass is 9.83. The quantitative estimate of drug-likeness (QED) is 0.777. The monoisotopic (exact) mass is 223 g/mol. The lowest BCUT2D eigenvalue weighted by molar-refractivity contribution is -0.0967. The molecule has 0 aromatic carbocycles. The van der Waals surface area contributed by atoms with Gasteiger partial charge < -0.3 is 10.1 Å². The zero-order valence-electron chi connectivity index (χ0n) is 10.3. The second-order valence-corrected chi connectivity index (χ2v) is 6.01. The molecular weight excluding hydrogens is 198 g/mol. The largest absolute Gasteiger partial charge is 0.372 e. The van der Waals surface area contributed by atoms with Crippen LogP contribution < -0.4 is 5.32 Å². The molecule has 0 aromatic heterocycles. The minimum Gasteiger partial charge on any atom is -0.372 e. The molecule has 0 aromatic rings.